The highest BCUT2D eigenvalue weighted by molar-refractivity contribution is 7.47. The van der Waals surface area contributed by atoms with Gasteiger partial charge in [0.25, 0.3) is 0 Å². The molecule has 2 heterocycles. The molecule has 0 aromatic carbocycles. The molecule has 0 spiro atoms. The van der Waals surface area contributed by atoms with Gasteiger partial charge < -0.3 is 35.1 Å². The molecule has 2 unspecified atom stereocenters. The molecule has 0 amide bonds. The number of nitrogens with two attached hydrogens (primary N) is 1. The van der Waals surface area contributed by atoms with Gasteiger partial charge in [-0.15, -0.1) is 0 Å². The van der Waals surface area contributed by atoms with E-state index in [1.807, 2.05) is 0 Å². The van der Waals surface area contributed by atoms with Crippen molar-refractivity contribution < 1.29 is 47.7 Å². The van der Waals surface area contributed by atoms with Crippen LogP contribution in [0.4, 0.5) is 5.82 Å². The largest absolute Gasteiger partial charge is 0.472 e. The van der Waals surface area contributed by atoms with E-state index in [2.05, 4.69) is 18.8 Å². The Hall–Kier alpha value is -1.90. The number of carbonyl (C=O) groups excluding carboxylic acids is 1. The second kappa shape index (κ2) is 27.6. The number of aromatic nitrogens is 2. The molecule has 0 bridgehead atoms. The molecule has 0 saturated carbocycles. The molecule has 6 atom stereocenters. The molecule has 302 valence electrons. The van der Waals surface area contributed by atoms with Gasteiger partial charge >= 0.3 is 19.5 Å². The summed E-state index contributed by atoms with van der Waals surface area (Å²) in [6.07, 6.45) is 18.2. The van der Waals surface area contributed by atoms with Crippen LogP contribution in [0.15, 0.2) is 17.1 Å². The number of carbonyl (C=O) groups is 1. The topological polar surface area (TPSA) is 202 Å². The molecule has 0 aliphatic carbocycles. The molecule has 1 saturated heterocycles. The number of rotatable bonds is 32. The van der Waals surface area contributed by atoms with Gasteiger partial charge in [0.1, 0.15) is 30.2 Å². The van der Waals surface area contributed by atoms with Gasteiger partial charge in [-0.1, -0.05) is 129 Å². The summed E-state index contributed by atoms with van der Waals surface area (Å²) in [6, 6.07) is 1.32. The Morgan fingerprint density at radius 2 is 1.38 bits per heavy atom. The number of anilines is 1. The van der Waals surface area contributed by atoms with E-state index in [9.17, 15) is 29.3 Å². The first-order chi connectivity index (χ1) is 25.1. The zero-order valence-electron chi connectivity index (χ0n) is 31.7. The number of aliphatic hydroxyl groups excluding tert-OH is 2. The van der Waals surface area contributed by atoms with Gasteiger partial charge in [-0.3, -0.25) is 18.4 Å². The fourth-order valence-corrected chi connectivity index (χ4v) is 6.89. The fraction of sp³-hybridized carbons (Fsp3) is 0.865. The molecule has 1 aliphatic heterocycles. The number of nitrogen functional groups attached to an aromatic ring is 1. The number of phosphoric acid groups is 1. The zero-order valence-corrected chi connectivity index (χ0v) is 32.6. The molecule has 1 aromatic rings. The van der Waals surface area contributed by atoms with E-state index in [0.717, 1.165) is 43.1 Å². The predicted octanol–water partition coefficient (Wildman–Crippen LogP) is 6.74. The van der Waals surface area contributed by atoms with Crippen molar-refractivity contribution >= 4 is 19.6 Å². The van der Waals surface area contributed by atoms with Crippen molar-refractivity contribution in [3.63, 3.8) is 0 Å². The summed E-state index contributed by atoms with van der Waals surface area (Å²) in [6.45, 7) is 3.78. The van der Waals surface area contributed by atoms with Gasteiger partial charge in [-0.05, 0) is 18.9 Å². The first-order valence-electron chi connectivity index (χ1n) is 19.8. The first kappa shape index (κ1) is 46.3. The molecular weight excluding hydrogens is 693 g/mol. The van der Waals surface area contributed by atoms with Crippen LogP contribution in [0.3, 0.4) is 0 Å². The van der Waals surface area contributed by atoms with Crippen LogP contribution in [0.1, 0.15) is 155 Å². The van der Waals surface area contributed by atoms with Gasteiger partial charge in [0, 0.05) is 19.2 Å². The Balaban J connectivity index is 1.77. The van der Waals surface area contributed by atoms with E-state index in [1.165, 1.54) is 95.7 Å². The maximum Gasteiger partial charge on any atom is 0.472 e. The Kier molecular flexibility index (Phi) is 24.6. The van der Waals surface area contributed by atoms with Crippen molar-refractivity contribution in [3.05, 3.63) is 22.7 Å². The minimum atomic E-state index is -4.73. The zero-order chi connectivity index (χ0) is 38.0. The molecule has 2 rings (SSSR count). The third kappa shape index (κ3) is 20.0. The van der Waals surface area contributed by atoms with Crippen LogP contribution in [-0.4, -0.2) is 81.5 Å². The SMILES string of the molecule is CCCCCCCCCCCCCCOCC(COP(=O)(O)OC[C@H]1O[C@@H](n2ccc(N)nc2=O)[C@@H](O)[C@@H]1O)OC(=O)CCCCCCCCCC. The van der Waals surface area contributed by atoms with Crippen LogP contribution in [0.5, 0.6) is 0 Å². The highest BCUT2D eigenvalue weighted by Gasteiger charge is 2.45. The number of hydrogen-bond donors (Lipinski definition) is 4. The average molecular weight is 762 g/mol. The number of unbranched alkanes of at least 4 members (excludes halogenated alkanes) is 18. The van der Waals surface area contributed by atoms with Gasteiger partial charge in [-0.2, -0.15) is 4.98 Å². The quantitative estimate of drug-likeness (QED) is 0.0342. The van der Waals surface area contributed by atoms with Crippen LogP contribution >= 0.6 is 7.82 Å². The van der Waals surface area contributed by atoms with Crippen molar-refractivity contribution in [3.8, 4) is 0 Å². The molecule has 1 aromatic heterocycles. The highest BCUT2D eigenvalue weighted by atomic mass is 31.2. The number of ether oxygens (including phenoxy) is 3. The number of phosphoric ester groups is 1. The minimum Gasteiger partial charge on any atom is -0.457 e. The average Bonchev–Trinajstić information content (AvgIpc) is 3.39. The lowest BCUT2D eigenvalue weighted by atomic mass is 10.1. The van der Waals surface area contributed by atoms with E-state index >= 15 is 0 Å². The summed E-state index contributed by atoms with van der Waals surface area (Å²) in [5.74, 6) is -0.462. The van der Waals surface area contributed by atoms with Gasteiger partial charge in [-0.25, -0.2) is 9.36 Å². The second-order valence-corrected chi connectivity index (χ2v) is 15.4. The Morgan fingerprint density at radius 3 is 1.94 bits per heavy atom. The third-order valence-electron chi connectivity index (χ3n) is 9.27. The monoisotopic (exact) mass is 761 g/mol. The number of hydrogen-bond acceptors (Lipinski definition) is 12. The molecule has 1 aliphatic rings. The Bertz CT molecular complexity index is 1190. The first-order valence-corrected chi connectivity index (χ1v) is 21.3. The highest BCUT2D eigenvalue weighted by Crippen LogP contribution is 2.44. The van der Waals surface area contributed by atoms with Crippen LogP contribution in [0, 0.1) is 0 Å². The van der Waals surface area contributed by atoms with Crippen molar-refractivity contribution in [2.24, 2.45) is 0 Å². The molecule has 5 N–H and O–H groups in total. The van der Waals surface area contributed by atoms with E-state index in [-0.39, 0.29) is 18.8 Å². The number of aliphatic hydroxyl groups is 2. The summed E-state index contributed by atoms with van der Waals surface area (Å²) < 4.78 is 40.9. The summed E-state index contributed by atoms with van der Waals surface area (Å²) in [5.41, 5.74) is 4.70. The lowest BCUT2D eigenvalue weighted by Gasteiger charge is -2.21. The summed E-state index contributed by atoms with van der Waals surface area (Å²) in [5, 5.41) is 20.9. The van der Waals surface area contributed by atoms with Crippen LogP contribution in [0.25, 0.3) is 0 Å². The summed E-state index contributed by atoms with van der Waals surface area (Å²) in [7, 11) is -4.73. The molecule has 0 radical (unpaired) electrons. The summed E-state index contributed by atoms with van der Waals surface area (Å²) >= 11 is 0. The molecule has 14 nitrogen and oxygen atoms in total. The number of nitrogens with zero attached hydrogens (tertiary/aromatic N) is 2. The third-order valence-corrected chi connectivity index (χ3v) is 10.2. The predicted molar refractivity (Wildman–Crippen MR) is 200 cm³/mol. The van der Waals surface area contributed by atoms with Crippen molar-refractivity contribution in [1.82, 2.24) is 9.55 Å². The van der Waals surface area contributed by atoms with Crippen LogP contribution in [-0.2, 0) is 32.6 Å². The molecular formula is C37H68N3O11P. The van der Waals surface area contributed by atoms with Crippen LogP contribution < -0.4 is 11.4 Å². The van der Waals surface area contributed by atoms with Crippen molar-refractivity contribution in [1.29, 1.82) is 0 Å². The maximum absolute atomic E-state index is 12.8. The molecule has 15 heteroatoms. The van der Waals surface area contributed by atoms with Crippen molar-refractivity contribution in [2.75, 3.05) is 32.2 Å². The minimum absolute atomic E-state index is 0.0100. The van der Waals surface area contributed by atoms with Gasteiger partial charge in [0.05, 0.1) is 19.8 Å². The molecule has 1 fully saturated rings. The normalized spacial score (nSPS) is 20.6. The molecule has 52 heavy (non-hydrogen) atoms. The number of esters is 1. The van der Waals surface area contributed by atoms with Gasteiger partial charge in [0.15, 0.2) is 6.23 Å². The Morgan fingerprint density at radius 1 is 0.846 bits per heavy atom. The fourth-order valence-electron chi connectivity index (χ4n) is 6.12. The van der Waals surface area contributed by atoms with E-state index in [0.29, 0.717) is 13.0 Å². The summed E-state index contributed by atoms with van der Waals surface area (Å²) in [4.78, 5) is 38.8. The lowest BCUT2D eigenvalue weighted by Crippen LogP contribution is -2.36. The maximum atomic E-state index is 12.8. The standard InChI is InChI=1S/C37H68N3O11P/c1-3-5-7-9-11-13-14-15-16-18-20-22-26-47-27-30(50-33(41)23-21-19-17-12-10-8-6-4-2)28-48-52(45,46)49-29-31-34(42)35(43)36(51-31)40-25-24-32(38)39-37(40)44/h24-25,30-31,34-36,42-43H,3-23,26-29H2,1-2H3,(H,45,46)(H2,38,39,44)/t30?,31-,34-,35+,36-/m1/s1. The van der Waals surface area contributed by atoms with E-state index < -0.39 is 63.3 Å². The van der Waals surface area contributed by atoms with E-state index in [4.69, 9.17) is 29.0 Å². The van der Waals surface area contributed by atoms with E-state index in [1.54, 1.807) is 0 Å². The second-order valence-electron chi connectivity index (χ2n) is 13.9. The smallest absolute Gasteiger partial charge is 0.457 e. The Labute approximate surface area is 310 Å². The van der Waals surface area contributed by atoms with Crippen LogP contribution in [0.2, 0.25) is 0 Å². The van der Waals surface area contributed by atoms with Gasteiger partial charge in [0.2, 0.25) is 0 Å². The lowest BCUT2D eigenvalue weighted by molar-refractivity contribution is -0.154. The van der Waals surface area contributed by atoms with Crippen molar-refractivity contribution in [2.45, 2.75) is 179 Å².